The molecular weight excluding hydrogens is 384 g/mol. The third kappa shape index (κ3) is 4.61. The van der Waals surface area contributed by atoms with Crippen LogP contribution in [0.3, 0.4) is 0 Å². The van der Waals surface area contributed by atoms with Gasteiger partial charge in [-0.3, -0.25) is 14.9 Å². The van der Waals surface area contributed by atoms with Crippen LogP contribution in [0, 0.1) is 0 Å². The van der Waals surface area contributed by atoms with Gasteiger partial charge in [-0.1, -0.05) is 12.8 Å². The summed E-state index contributed by atoms with van der Waals surface area (Å²) in [6, 6.07) is 5.14. The third-order valence-corrected chi connectivity index (χ3v) is 5.34. The molecular formula is C21H26N6O3. The molecule has 0 bridgehead atoms. The van der Waals surface area contributed by atoms with Gasteiger partial charge in [0.05, 0.1) is 25.0 Å². The van der Waals surface area contributed by atoms with E-state index in [1.165, 1.54) is 0 Å². The van der Waals surface area contributed by atoms with Gasteiger partial charge in [-0.2, -0.15) is 0 Å². The molecule has 4 rings (SSSR count). The van der Waals surface area contributed by atoms with E-state index in [1.807, 2.05) is 30.7 Å². The summed E-state index contributed by atoms with van der Waals surface area (Å²) >= 11 is 0. The fraction of sp³-hybridized carbons (Fsp3) is 0.429. The van der Waals surface area contributed by atoms with E-state index < -0.39 is 11.9 Å². The number of aliphatic imine (C=N–C) groups is 1. The molecule has 3 heterocycles. The van der Waals surface area contributed by atoms with Crippen molar-refractivity contribution in [3.05, 3.63) is 42.5 Å². The Morgan fingerprint density at radius 3 is 2.93 bits per heavy atom. The Bertz CT molecular complexity index is 940. The Hall–Kier alpha value is -3.36. The molecule has 9 nitrogen and oxygen atoms in total. The average molecular weight is 410 g/mol. The summed E-state index contributed by atoms with van der Waals surface area (Å²) < 4.78 is 8.00. The second kappa shape index (κ2) is 8.98. The fourth-order valence-corrected chi connectivity index (χ4v) is 3.77. The van der Waals surface area contributed by atoms with Gasteiger partial charge in [-0.05, 0) is 31.0 Å². The van der Waals surface area contributed by atoms with E-state index in [9.17, 15) is 9.59 Å². The lowest BCUT2D eigenvalue weighted by molar-refractivity contribution is -0.126. The number of hydrogen-bond acceptors (Lipinski definition) is 6. The molecule has 2 aliphatic heterocycles. The number of ether oxygens (including phenoxy) is 1. The van der Waals surface area contributed by atoms with Gasteiger partial charge < -0.3 is 19.9 Å². The smallest absolute Gasteiger partial charge is 0.250 e. The topological polar surface area (TPSA) is 115 Å². The minimum absolute atomic E-state index is 0.0305. The predicted octanol–water partition coefficient (Wildman–Crippen LogP) is 1.70. The van der Waals surface area contributed by atoms with E-state index >= 15 is 0 Å². The zero-order valence-corrected chi connectivity index (χ0v) is 16.8. The molecule has 1 fully saturated rings. The van der Waals surface area contributed by atoms with Crippen LogP contribution in [0.1, 0.15) is 37.7 Å². The number of hydrogen-bond donors (Lipinski definition) is 2. The lowest BCUT2D eigenvalue weighted by Crippen LogP contribution is -2.39. The zero-order chi connectivity index (χ0) is 20.9. The van der Waals surface area contributed by atoms with Crippen molar-refractivity contribution in [1.82, 2.24) is 19.8 Å². The molecule has 2 aromatic rings. The van der Waals surface area contributed by atoms with Crippen LogP contribution in [0.4, 0.5) is 5.69 Å². The highest BCUT2D eigenvalue weighted by Crippen LogP contribution is 2.32. The van der Waals surface area contributed by atoms with Crippen LogP contribution in [0.15, 0.2) is 41.9 Å². The number of guanidine groups is 1. The molecule has 1 unspecified atom stereocenters. The molecule has 9 heteroatoms. The van der Waals surface area contributed by atoms with Gasteiger partial charge in [0.2, 0.25) is 17.8 Å². The van der Waals surface area contributed by atoms with Gasteiger partial charge in [0.25, 0.3) is 0 Å². The number of fused-ring (bicyclic) bond motifs is 2. The molecule has 3 N–H and O–H groups in total. The average Bonchev–Trinajstić information content (AvgIpc) is 3.33. The maximum atomic E-state index is 12.1. The van der Waals surface area contributed by atoms with Crippen LogP contribution >= 0.6 is 0 Å². The van der Waals surface area contributed by atoms with Crippen molar-refractivity contribution in [2.45, 2.75) is 51.2 Å². The summed E-state index contributed by atoms with van der Waals surface area (Å²) in [5.74, 6) is 0.507. The summed E-state index contributed by atoms with van der Waals surface area (Å²) in [7, 11) is 0. The second-order valence-corrected chi connectivity index (χ2v) is 7.59. The normalized spacial score (nSPS) is 17.2. The highest BCUT2D eigenvalue weighted by Gasteiger charge is 2.39. The number of aromatic nitrogens is 2. The van der Waals surface area contributed by atoms with Crippen LogP contribution in [-0.2, 0) is 22.7 Å². The molecule has 158 valence electrons. The molecule has 0 aliphatic carbocycles. The van der Waals surface area contributed by atoms with Crippen molar-refractivity contribution in [1.29, 1.82) is 0 Å². The van der Waals surface area contributed by atoms with Gasteiger partial charge in [0, 0.05) is 31.0 Å². The summed E-state index contributed by atoms with van der Waals surface area (Å²) in [6.45, 7) is 2.14. The van der Waals surface area contributed by atoms with Crippen molar-refractivity contribution < 1.29 is 14.3 Å². The third-order valence-electron chi connectivity index (χ3n) is 5.34. The van der Waals surface area contributed by atoms with Crippen molar-refractivity contribution >= 4 is 23.5 Å². The van der Waals surface area contributed by atoms with E-state index in [4.69, 9.17) is 10.5 Å². The number of rotatable bonds is 10. The maximum absolute atomic E-state index is 12.1. The summed E-state index contributed by atoms with van der Waals surface area (Å²) in [6.07, 6.45) is 9.99. The van der Waals surface area contributed by atoms with Crippen molar-refractivity contribution in [2.24, 2.45) is 10.7 Å². The molecule has 2 amide bonds. The quantitative estimate of drug-likeness (QED) is 0.579. The van der Waals surface area contributed by atoms with E-state index in [0.717, 1.165) is 49.2 Å². The van der Waals surface area contributed by atoms with Gasteiger partial charge in [-0.25, -0.2) is 9.98 Å². The van der Waals surface area contributed by atoms with E-state index in [1.54, 1.807) is 11.1 Å². The molecule has 1 aromatic carbocycles. The van der Waals surface area contributed by atoms with E-state index in [2.05, 4.69) is 19.9 Å². The van der Waals surface area contributed by atoms with E-state index in [0.29, 0.717) is 19.1 Å². The first-order chi connectivity index (χ1) is 14.6. The first-order valence-corrected chi connectivity index (χ1v) is 10.3. The van der Waals surface area contributed by atoms with Crippen LogP contribution < -0.4 is 15.8 Å². The number of benzene rings is 1. The van der Waals surface area contributed by atoms with Gasteiger partial charge in [0.1, 0.15) is 11.8 Å². The van der Waals surface area contributed by atoms with Crippen molar-refractivity contribution in [3.8, 4) is 5.75 Å². The lowest BCUT2D eigenvalue weighted by atomic mass is 10.1. The monoisotopic (exact) mass is 410 g/mol. The largest absolute Gasteiger partial charge is 0.494 e. The SMILES string of the molecule is NC(=O)CC1C(=O)NC2=Nc3ccc(OCCCCCCn4ccnc4)cc3CN21. The Balaban J connectivity index is 1.25. The first-order valence-electron chi connectivity index (χ1n) is 10.3. The molecule has 0 radical (unpaired) electrons. The van der Waals surface area contributed by atoms with E-state index in [-0.39, 0.29) is 12.3 Å². The maximum Gasteiger partial charge on any atom is 0.250 e. The Labute approximate surface area is 174 Å². The number of unbranched alkanes of at least 4 members (excludes halogenated alkanes) is 3. The van der Waals surface area contributed by atoms with Crippen molar-refractivity contribution in [2.75, 3.05) is 6.61 Å². The lowest BCUT2D eigenvalue weighted by Gasteiger charge is -2.27. The Kier molecular flexibility index (Phi) is 5.97. The Morgan fingerprint density at radius 2 is 2.13 bits per heavy atom. The summed E-state index contributed by atoms with van der Waals surface area (Å²) in [4.78, 5) is 33.8. The minimum Gasteiger partial charge on any atom is -0.494 e. The van der Waals surface area contributed by atoms with Gasteiger partial charge in [-0.15, -0.1) is 0 Å². The molecule has 30 heavy (non-hydrogen) atoms. The standard InChI is InChI=1S/C21H26N6O3/c22-19(28)12-18-20(29)25-21-24-17-6-5-16(11-15(17)13-27(18)21)30-10-4-2-1-3-8-26-9-7-23-14-26/h5-7,9,11,14,18H,1-4,8,10,12-13H2,(H2,22,28)(H,24,25,29). The number of carbonyl (C=O) groups is 2. The predicted molar refractivity (Wildman–Crippen MR) is 111 cm³/mol. The highest BCUT2D eigenvalue weighted by molar-refractivity contribution is 6.09. The summed E-state index contributed by atoms with van der Waals surface area (Å²) in [5, 5.41) is 2.73. The second-order valence-electron chi connectivity index (χ2n) is 7.59. The molecule has 1 saturated heterocycles. The number of imidazole rings is 1. The zero-order valence-electron chi connectivity index (χ0n) is 16.8. The number of aryl methyl sites for hydroxylation is 1. The number of nitrogens with one attached hydrogen (secondary N) is 1. The van der Waals surface area contributed by atoms with Crippen molar-refractivity contribution in [3.63, 3.8) is 0 Å². The van der Waals surface area contributed by atoms with Gasteiger partial charge in [0.15, 0.2) is 0 Å². The fourth-order valence-electron chi connectivity index (χ4n) is 3.77. The molecule has 1 aromatic heterocycles. The summed E-state index contributed by atoms with van der Waals surface area (Å²) in [5.41, 5.74) is 7.05. The number of carbonyl (C=O) groups excluding carboxylic acids is 2. The van der Waals surface area contributed by atoms with Crippen LogP contribution in [0.5, 0.6) is 5.75 Å². The number of nitrogens with zero attached hydrogens (tertiary/aromatic N) is 4. The van der Waals surface area contributed by atoms with Crippen LogP contribution in [0.2, 0.25) is 0 Å². The number of amides is 2. The molecule has 2 aliphatic rings. The molecule has 1 atom stereocenters. The van der Waals surface area contributed by atoms with Gasteiger partial charge >= 0.3 is 0 Å². The highest BCUT2D eigenvalue weighted by atomic mass is 16.5. The van der Waals surface area contributed by atoms with Crippen LogP contribution in [-0.4, -0.2) is 44.9 Å². The first kappa shape index (κ1) is 19.9. The molecule has 0 saturated carbocycles. The number of nitrogens with two attached hydrogens (primary N) is 1. The Morgan fingerprint density at radius 1 is 1.27 bits per heavy atom. The van der Waals surface area contributed by atoms with Crippen LogP contribution in [0.25, 0.3) is 0 Å². The molecule has 0 spiro atoms. The number of primary amides is 1. The minimum atomic E-state index is -0.610.